The van der Waals surface area contributed by atoms with E-state index in [9.17, 15) is 0 Å². The lowest BCUT2D eigenvalue weighted by Crippen LogP contribution is -2.57. The lowest BCUT2D eigenvalue weighted by molar-refractivity contribution is -0.00347. The molecule has 2 aliphatic heterocycles. The Balaban J connectivity index is 1.37. The highest BCUT2D eigenvalue weighted by atomic mass is 15.3. The van der Waals surface area contributed by atoms with E-state index >= 15 is 0 Å². The molecule has 1 aromatic carbocycles. The van der Waals surface area contributed by atoms with Crippen LogP contribution < -0.4 is 0 Å². The number of para-hydroxylation sites is 1. The minimum absolute atomic E-state index is 0.106. The summed E-state index contributed by atoms with van der Waals surface area (Å²) in [6.45, 7) is 10.2. The molecular formula is C24H31N5. The van der Waals surface area contributed by atoms with Gasteiger partial charge in [0, 0.05) is 56.4 Å². The molecule has 29 heavy (non-hydrogen) atoms. The van der Waals surface area contributed by atoms with Crippen LogP contribution in [0.3, 0.4) is 0 Å². The van der Waals surface area contributed by atoms with Gasteiger partial charge in [-0.15, -0.1) is 0 Å². The molecule has 2 aliphatic rings. The molecule has 3 aromatic rings. The molecule has 0 saturated carbocycles. The number of benzene rings is 1. The van der Waals surface area contributed by atoms with Gasteiger partial charge in [0.1, 0.15) is 0 Å². The lowest BCUT2D eigenvalue weighted by atomic mass is 9.78. The zero-order chi connectivity index (χ0) is 19.8. The molecule has 1 N–H and O–H groups in total. The molecule has 1 saturated heterocycles. The zero-order valence-electron chi connectivity index (χ0n) is 17.6. The molecule has 0 unspecified atom stereocenters. The van der Waals surface area contributed by atoms with Crippen molar-refractivity contribution in [3.8, 4) is 0 Å². The van der Waals surface area contributed by atoms with Crippen molar-refractivity contribution < 1.29 is 0 Å². The first kappa shape index (κ1) is 18.8. The fourth-order valence-electron chi connectivity index (χ4n) is 5.40. The van der Waals surface area contributed by atoms with E-state index < -0.39 is 0 Å². The minimum atomic E-state index is 0.106. The summed E-state index contributed by atoms with van der Waals surface area (Å²) in [5, 5.41) is 1.28. The van der Waals surface area contributed by atoms with Crippen LogP contribution in [0.5, 0.6) is 0 Å². The summed E-state index contributed by atoms with van der Waals surface area (Å²) in [5.74, 6) is 0.675. The number of pyridine rings is 1. The SMILES string of the molecule is CC(C)CN1CCc2[nH]cnc2C12CCN(Cc1ccnc3ccccc13)CC2. The number of fused-ring (bicyclic) bond motifs is 3. The average Bonchev–Trinajstić information content (AvgIpc) is 3.22. The van der Waals surface area contributed by atoms with E-state index in [0.717, 1.165) is 57.5 Å². The number of H-pyrrole nitrogens is 1. The van der Waals surface area contributed by atoms with E-state index in [-0.39, 0.29) is 5.54 Å². The summed E-state index contributed by atoms with van der Waals surface area (Å²) in [7, 11) is 0. The third kappa shape index (κ3) is 3.36. The van der Waals surface area contributed by atoms with Crippen molar-refractivity contribution in [2.24, 2.45) is 5.92 Å². The third-order valence-corrected chi connectivity index (χ3v) is 6.80. The minimum Gasteiger partial charge on any atom is -0.348 e. The van der Waals surface area contributed by atoms with E-state index in [1.165, 1.54) is 22.3 Å². The van der Waals surface area contributed by atoms with E-state index in [1.54, 1.807) is 0 Å². The monoisotopic (exact) mass is 389 g/mol. The lowest BCUT2D eigenvalue weighted by Gasteiger charge is -2.51. The zero-order valence-corrected chi connectivity index (χ0v) is 17.6. The largest absolute Gasteiger partial charge is 0.348 e. The van der Waals surface area contributed by atoms with Crippen molar-refractivity contribution in [3.63, 3.8) is 0 Å². The first-order chi connectivity index (χ1) is 14.2. The number of nitrogens with zero attached hydrogens (tertiary/aromatic N) is 4. The van der Waals surface area contributed by atoms with Gasteiger partial charge in [-0.2, -0.15) is 0 Å². The van der Waals surface area contributed by atoms with Crippen LogP contribution in [0.15, 0.2) is 42.9 Å². The molecule has 4 heterocycles. The molecule has 1 spiro atoms. The smallest absolute Gasteiger partial charge is 0.0926 e. The number of likely N-dealkylation sites (tertiary alicyclic amines) is 1. The third-order valence-electron chi connectivity index (χ3n) is 6.80. The summed E-state index contributed by atoms with van der Waals surface area (Å²) < 4.78 is 0. The summed E-state index contributed by atoms with van der Waals surface area (Å²) in [6, 6.07) is 10.7. The van der Waals surface area contributed by atoms with Gasteiger partial charge in [-0.05, 0) is 36.5 Å². The van der Waals surface area contributed by atoms with Crippen LogP contribution in [0.4, 0.5) is 0 Å². The highest BCUT2D eigenvalue weighted by molar-refractivity contribution is 5.81. The molecule has 1 fully saturated rings. The van der Waals surface area contributed by atoms with Crippen LogP contribution in [0.25, 0.3) is 10.9 Å². The van der Waals surface area contributed by atoms with Crippen molar-refractivity contribution in [1.29, 1.82) is 0 Å². The fraction of sp³-hybridized carbons (Fsp3) is 0.500. The number of aromatic nitrogens is 3. The molecule has 0 radical (unpaired) electrons. The van der Waals surface area contributed by atoms with Gasteiger partial charge in [0.15, 0.2) is 0 Å². The van der Waals surface area contributed by atoms with Crippen molar-refractivity contribution in [1.82, 2.24) is 24.8 Å². The number of rotatable bonds is 4. The molecule has 0 atom stereocenters. The Kier molecular flexibility index (Phi) is 4.88. The van der Waals surface area contributed by atoms with E-state index in [0.29, 0.717) is 5.92 Å². The Morgan fingerprint density at radius 2 is 1.90 bits per heavy atom. The Hall–Kier alpha value is -2.24. The quantitative estimate of drug-likeness (QED) is 0.734. The molecular weight excluding hydrogens is 358 g/mol. The number of imidazole rings is 1. The van der Waals surface area contributed by atoms with Crippen LogP contribution in [-0.4, -0.2) is 50.9 Å². The molecule has 0 aliphatic carbocycles. The topological polar surface area (TPSA) is 48.1 Å². The molecule has 5 rings (SSSR count). The number of aromatic amines is 1. The van der Waals surface area contributed by atoms with Gasteiger partial charge in [0.05, 0.1) is 23.1 Å². The first-order valence-corrected chi connectivity index (χ1v) is 11.0. The van der Waals surface area contributed by atoms with Gasteiger partial charge in [-0.3, -0.25) is 14.8 Å². The van der Waals surface area contributed by atoms with Crippen molar-refractivity contribution >= 4 is 10.9 Å². The first-order valence-electron chi connectivity index (χ1n) is 11.0. The fourth-order valence-corrected chi connectivity index (χ4v) is 5.40. The van der Waals surface area contributed by atoms with E-state index in [4.69, 9.17) is 4.98 Å². The maximum Gasteiger partial charge on any atom is 0.0926 e. The number of piperidine rings is 1. The molecule has 0 amide bonds. The predicted octanol–water partition coefficient (Wildman–Crippen LogP) is 3.96. The van der Waals surface area contributed by atoms with Crippen molar-refractivity contribution in [2.45, 2.75) is 45.2 Å². The van der Waals surface area contributed by atoms with Gasteiger partial charge in [-0.1, -0.05) is 32.0 Å². The Bertz CT molecular complexity index is 978. The number of hydrogen-bond acceptors (Lipinski definition) is 4. The van der Waals surface area contributed by atoms with Gasteiger partial charge < -0.3 is 4.98 Å². The summed E-state index contributed by atoms with van der Waals surface area (Å²) in [4.78, 5) is 18.1. The van der Waals surface area contributed by atoms with Gasteiger partial charge >= 0.3 is 0 Å². The van der Waals surface area contributed by atoms with Gasteiger partial charge in [0.2, 0.25) is 0 Å². The highest BCUT2D eigenvalue weighted by Crippen LogP contribution is 2.42. The second-order valence-electron chi connectivity index (χ2n) is 9.11. The predicted molar refractivity (Wildman–Crippen MR) is 117 cm³/mol. The van der Waals surface area contributed by atoms with Crippen LogP contribution in [0.1, 0.15) is 43.6 Å². The second kappa shape index (κ2) is 7.54. The second-order valence-corrected chi connectivity index (χ2v) is 9.11. The van der Waals surface area contributed by atoms with E-state index in [2.05, 4.69) is 63.9 Å². The molecule has 5 heteroatoms. The molecule has 5 nitrogen and oxygen atoms in total. The standard InChI is InChI=1S/C24H31N5/c1-18(2)15-29-12-8-22-23(27-17-26-22)24(29)9-13-28(14-10-24)16-19-7-11-25-21-6-4-3-5-20(19)21/h3-7,11,17-18H,8-10,12-16H2,1-2H3,(H,26,27). The summed E-state index contributed by atoms with van der Waals surface area (Å²) in [5.41, 5.74) is 5.26. The molecule has 2 aromatic heterocycles. The van der Waals surface area contributed by atoms with Gasteiger partial charge in [-0.25, -0.2) is 4.98 Å². The Morgan fingerprint density at radius 3 is 2.72 bits per heavy atom. The highest BCUT2D eigenvalue weighted by Gasteiger charge is 2.46. The van der Waals surface area contributed by atoms with Crippen molar-refractivity contribution in [3.05, 3.63) is 59.8 Å². The van der Waals surface area contributed by atoms with Gasteiger partial charge in [0.25, 0.3) is 0 Å². The van der Waals surface area contributed by atoms with E-state index in [1.807, 2.05) is 12.5 Å². The Labute approximate surface area is 173 Å². The summed E-state index contributed by atoms with van der Waals surface area (Å²) in [6.07, 6.45) is 7.25. The van der Waals surface area contributed by atoms with Crippen LogP contribution >= 0.6 is 0 Å². The normalized spacial score (nSPS) is 19.8. The maximum atomic E-state index is 4.82. The van der Waals surface area contributed by atoms with Crippen LogP contribution in [0, 0.1) is 5.92 Å². The molecule has 0 bridgehead atoms. The van der Waals surface area contributed by atoms with Crippen molar-refractivity contribution in [2.75, 3.05) is 26.2 Å². The number of nitrogens with one attached hydrogen (secondary N) is 1. The summed E-state index contributed by atoms with van der Waals surface area (Å²) >= 11 is 0. The van der Waals surface area contributed by atoms with Crippen LogP contribution in [0.2, 0.25) is 0 Å². The molecule has 152 valence electrons. The Morgan fingerprint density at radius 1 is 1.07 bits per heavy atom. The average molecular weight is 390 g/mol. The number of hydrogen-bond donors (Lipinski definition) is 1. The maximum absolute atomic E-state index is 4.82. The van der Waals surface area contributed by atoms with Crippen LogP contribution in [-0.2, 0) is 18.5 Å².